The molecule has 0 aromatic carbocycles. The molecule has 4 N–H and O–H groups in total. The summed E-state index contributed by atoms with van der Waals surface area (Å²) in [5.41, 5.74) is -1.03. The zero-order chi connectivity index (χ0) is 20.4. The van der Waals surface area contributed by atoms with Crippen LogP contribution in [0, 0.1) is 17.8 Å². The van der Waals surface area contributed by atoms with Gasteiger partial charge in [0.15, 0.2) is 0 Å². The van der Waals surface area contributed by atoms with Gasteiger partial charge in [-0.2, -0.15) is 0 Å². The van der Waals surface area contributed by atoms with Gasteiger partial charge in [0, 0.05) is 25.6 Å². The predicted molar refractivity (Wildman–Crippen MR) is 103 cm³/mol. The second kappa shape index (κ2) is 8.27. The summed E-state index contributed by atoms with van der Waals surface area (Å²) in [6.45, 7) is 1.95. The van der Waals surface area contributed by atoms with Crippen LogP contribution >= 0.6 is 0 Å². The maximum absolute atomic E-state index is 12.4. The van der Waals surface area contributed by atoms with Crippen molar-refractivity contribution in [1.82, 2.24) is 16.0 Å². The van der Waals surface area contributed by atoms with Crippen molar-refractivity contribution >= 4 is 17.9 Å². The zero-order valence-corrected chi connectivity index (χ0v) is 16.9. The molecule has 1 unspecified atom stereocenters. The van der Waals surface area contributed by atoms with Gasteiger partial charge >= 0.3 is 12.0 Å². The minimum atomic E-state index is -1.01. The van der Waals surface area contributed by atoms with Crippen LogP contribution in [-0.4, -0.2) is 54.4 Å². The first kappa shape index (κ1) is 20.9. The number of methoxy groups -OCH3 is 1. The SMILES string of the molecule is COCC(C)(CC(=O)O)NC(=O)CCNC(=O)NC12CC3CC(CC(C3)C1)C2. The van der Waals surface area contributed by atoms with Crippen LogP contribution in [-0.2, 0) is 14.3 Å². The van der Waals surface area contributed by atoms with Crippen molar-refractivity contribution in [1.29, 1.82) is 0 Å². The summed E-state index contributed by atoms with van der Waals surface area (Å²) in [5.74, 6) is 0.948. The van der Waals surface area contributed by atoms with Crippen molar-refractivity contribution in [3.05, 3.63) is 0 Å². The van der Waals surface area contributed by atoms with Gasteiger partial charge in [-0.1, -0.05) is 0 Å². The topological polar surface area (TPSA) is 117 Å². The van der Waals surface area contributed by atoms with Gasteiger partial charge in [-0.3, -0.25) is 9.59 Å². The average molecular weight is 396 g/mol. The molecule has 158 valence electrons. The van der Waals surface area contributed by atoms with Gasteiger partial charge in [-0.05, 0) is 63.2 Å². The van der Waals surface area contributed by atoms with Crippen molar-refractivity contribution < 1.29 is 24.2 Å². The summed E-state index contributed by atoms with van der Waals surface area (Å²) in [7, 11) is 1.46. The van der Waals surface area contributed by atoms with Gasteiger partial charge < -0.3 is 25.8 Å². The number of urea groups is 1. The van der Waals surface area contributed by atoms with Crippen molar-refractivity contribution in [2.75, 3.05) is 20.3 Å². The Morgan fingerprint density at radius 2 is 1.68 bits per heavy atom. The standard InChI is InChI=1S/C20H33N3O5/c1-19(12-28-2,11-17(25)26)22-16(24)3-4-21-18(27)23-20-8-13-5-14(9-20)7-15(6-13)10-20/h13-15H,3-12H2,1-2H3,(H,22,24)(H,25,26)(H2,21,23,27). The molecule has 4 bridgehead atoms. The largest absolute Gasteiger partial charge is 0.481 e. The first-order valence-corrected chi connectivity index (χ1v) is 10.3. The second-order valence-corrected chi connectivity index (χ2v) is 9.44. The highest BCUT2D eigenvalue weighted by Gasteiger charge is 2.51. The van der Waals surface area contributed by atoms with E-state index in [9.17, 15) is 14.4 Å². The fourth-order valence-corrected chi connectivity index (χ4v) is 6.02. The monoisotopic (exact) mass is 395 g/mol. The van der Waals surface area contributed by atoms with Gasteiger partial charge in [0.25, 0.3) is 0 Å². The summed E-state index contributed by atoms with van der Waals surface area (Å²) in [6, 6.07) is -0.208. The van der Waals surface area contributed by atoms with Crippen molar-refractivity contribution in [2.24, 2.45) is 17.8 Å². The van der Waals surface area contributed by atoms with E-state index in [1.807, 2.05) is 0 Å². The highest BCUT2D eigenvalue weighted by molar-refractivity contribution is 5.80. The van der Waals surface area contributed by atoms with E-state index in [0.29, 0.717) is 0 Å². The molecule has 0 aromatic rings. The number of carboxylic acid groups (broad SMARTS) is 1. The van der Waals surface area contributed by atoms with Crippen molar-refractivity contribution in [2.45, 2.75) is 69.4 Å². The Labute approximate surface area is 166 Å². The molecule has 4 aliphatic carbocycles. The Hall–Kier alpha value is -1.83. The predicted octanol–water partition coefficient (Wildman–Crippen LogP) is 1.64. The Morgan fingerprint density at radius 3 is 2.18 bits per heavy atom. The number of ether oxygens (including phenoxy) is 1. The van der Waals surface area contributed by atoms with Crippen LogP contribution in [0.4, 0.5) is 4.79 Å². The number of rotatable bonds is 9. The molecule has 4 fully saturated rings. The second-order valence-electron chi connectivity index (χ2n) is 9.44. The normalized spacial score (nSPS) is 32.4. The third kappa shape index (κ3) is 5.16. The van der Waals surface area contributed by atoms with E-state index >= 15 is 0 Å². The molecule has 4 rings (SSSR count). The summed E-state index contributed by atoms with van der Waals surface area (Å²) < 4.78 is 5.03. The molecule has 0 saturated heterocycles. The van der Waals surface area contributed by atoms with Gasteiger partial charge in [0.1, 0.15) is 0 Å². The Bertz CT molecular complexity index is 588. The maximum atomic E-state index is 12.4. The van der Waals surface area contributed by atoms with Gasteiger partial charge in [-0.25, -0.2) is 4.79 Å². The molecule has 8 heteroatoms. The van der Waals surface area contributed by atoms with Crippen LogP contribution in [0.2, 0.25) is 0 Å². The van der Waals surface area contributed by atoms with Crippen LogP contribution in [0.15, 0.2) is 0 Å². The highest BCUT2D eigenvalue weighted by atomic mass is 16.5. The summed E-state index contributed by atoms with van der Waals surface area (Å²) >= 11 is 0. The third-order valence-electron chi connectivity index (χ3n) is 6.50. The molecule has 1 atom stereocenters. The summed E-state index contributed by atoms with van der Waals surface area (Å²) in [6.07, 6.45) is 7.06. The van der Waals surface area contributed by atoms with E-state index in [2.05, 4.69) is 16.0 Å². The third-order valence-corrected chi connectivity index (χ3v) is 6.50. The van der Waals surface area contributed by atoms with Crippen LogP contribution in [0.3, 0.4) is 0 Å². The van der Waals surface area contributed by atoms with Crippen LogP contribution < -0.4 is 16.0 Å². The Balaban J connectivity index is 1.41. The molecular formula is C20H33N3O5. The van der Waals surface area contributed by atoms with Crippen molar-refractivity contribution in [3.63, 3.8) is 0 Å². The number of carbonyl (C=O) groups is 3. The first-order valence-electron chi connectivity index (χ1n) is 10.3. The van der Waals surface area contributed by atoms with E-state index in [4.69, 9.17) is 9.84 Å². The smallest absolute Gasteiger partial charge is 0.315 e. The van der Waals surface area contributed by atoms with Crippen LogP contribution in [0.1, 0.15) is 58.3 Å². The Kier molecular flexibility index (Phi) is 6.17. The number of carboxylic acids is 1. The lowest BCUT2D eigenvalue weighted by Gasteiger charge is -2.56. The highest BCUT2D eigenvalue weighted by Crippen LogP contribution is 2.55. The van der Waals surface area contributed by atoms with Crippen LogP contribution in [0.5, 0.6) is 0 Å². The fraction of sp³-hybridized carbons (Fsp3) is 0.850. The maximum Gasteiger partial charge on any atom is 0.315 e. The first-order chi connectivity index (χ1) is 13.2. The van der Waals surface area contributed by atoms with E-state index in [0.717, 1.165) is 37.0 Å². The number of aliphatic carboxylic acids is 1. The molecule has 28 heavy (non-hydrogen) atoms. The summed E-state index contributed by atoms with van der Waals surface area (Å²) in [5, 5.41) is 17.7. The van der Waals surface area contributed by atoms with E-state index < -0.39 is 11.5 Å². The number of nitrogens with one attached hydrogen (secondary N) is 3. The van der Waals surface area contributed by atoms with Gasteiger partial charge in [0.2, 0.25) is 5.91 Å². The lowest BCUT2D eigenvalue weighted by atomic mass is 9.53. The molecule has 4 saturated carbocycles. The fourth-order valence-electron chi connectivity index (χ4n) is 6.02. The van der Waals surface area contributed by atoms with E-state index in [1.54, 1.807) is 6.92 Å². The molecule has 0 heterocycles. The quantitative estimate of drug-likeness (QED) is 0.474. The zero-order valence-electron chi connectivity index (χ0n) is 16.9. The van der Waals surface area contributed by atoms with Gasteiger partial charge in [-0.15, -0.1) is 0 Å². The number of hydrogen-bond donors (Lipinski definition) is 4. The lowest BCUT2D eigenvalue weighted by molar-refractivity contribution is -0.139. The van der Waals surface area contributed by atoms with E-state index in [1.165, 1.54) is 26.4 Å². The van der Waals surface area contributed by atoms with Crippen LogP contribution in [0.25, 0.3) is 0 Å². The number of hydrogen-bond acceptors (Lipinski definition) is 4. The molecule has 0 radical (unpaired) electrons. The molecule has 0 aliphatic heterocycles. The molecule has 3 amide bonds. The number of amides is 3. The van der Waals surface area contributed by atoms with E-state index in [-0.39, 0.29) is 43.5 Å². The van der Waals surface area contributed by atoms with Crippen molar-refractivity contribution in [3.8, 4) is 0 Å². The molecule has 0 aromatic heterocycles. The Morgan fingerprint density at radius 1 is 1.11 bits per heavy atom. The summed E-state index contributed by atoms with van der Waals surface area (Å²) in [4.78, 5) is 35.6. The minimum absolute atomic E-state index is 0.0559. The molecule has 4 aliphatic rings. The number of carbonyl (C=O) groups excluding carboxylic acids is 2. The molecular weight excluding hydrogens is 362 g/mol. The molecule has 8 nitrogen and oxygen atoms in total. The van der Waals surface area contributed by atoms with Gasteiger partial charge in [0.05, 0.1) is 18.6 Å². The average Bonchev–Trinajstić information content (AvgIpc) is 2.51. The minimum Gasteiger partial charge on any atom is -0.481 e. The lowest BCUT2D eigenvalue weighted by Crippen LogP contribution is -2.61. The molecule has 0 spiro atoms.